The van der Waals surface area contributed by atoms with Crippen molar-refractivity contribution in [3.8, 4) is 0 Å². The first-order valence-corrected chi connectivity index (χ1v) is 11.3. The smallest absolute Gasteiger partial charge is 0.262 e. The van der Waals surface area contributed by atoms with E-state index in [0.29, 0.717) is 27.2 Å². The summed E-state index contributed by atoms with van der Waals surface area (Å²) in [5, 5.41) is 6.17. The second-order valence-corrected chi connectivity index (χ2v) is 9.25. The molecule has 0 atom stereocenters. The largest absolute Gasteiger partial charge is 0.351 e. The number of benzene rings is 1. The number of amides is 2. The summed E-state index contributed by atoms with van der Waals surface area (Å²) in [5.74, 6) is 0.326. The Morgan fingerprint density at radius 3 is 2.90 bits per heavy atom. The van der Waals surface area contributed by atoms with Gasteiger partial charge in [-0.05, 0) is 43.5 Å². The van der Waals surface area contributed by atoms with Gasteiger partial charge in [0.05, 0.1) is 10.3 Å². The van der Waals surface area contributed by atoms with Crippen LogP contribution in [0.15, 0.2) is 27.5 Å². The van der Waals surface area contributed by atoms with Gasteiger partial charge in [0.15, 0.2) is 0 Å². The van der Waals surface area contributed by atoms with Crippen LogP contribution in [0.1, 0.15) is 39.5 Å². The lowest BCUT2D eigenvalue weighted by atomic mass is 10.2. The molecule has 0 saturated carbocycles. The van der Waals surface area contributed by atoms with Crippen molar-refractivity contribution in [2.45, 2.75) is 39.7 Å². The van der Waals surface area contributed by atoms with Crippen molar-refractivity contribution in [2.75, 3.05) is 11.9 Å². The van der Waals surface area contributed by atoms with Gasteiger partial charge in [-0.15, -0.1) is 11.3 Å². The summed E-state index contributed by atoms with van der Waals surface area (Å²) in [6.07, 6.45) is 1.86. The summed E-state index contributed by atoms with van der Waals surface area (Å²) in [6.45, 7) is 4.58. The van der Waals surface area contributed by atoms with Gasteiger partial charge >= 0.3 is 0 Å². The van der Waals surface area contributed by atoms with Crippen LogP contribution in [-0.2, 0) is 17.8 Å². The van der Waals surface area contributed by atoms with Crippen LogP contribution in [0.2, 0.25) is 0 Å². The van der Waals surface area contributed by atoms with Gasteiger partial charge in [0.2, 0.25) is 5.91 Å². The number of hydrogen-bond acceptors (Lipinski definition) is 5. The maximum atomic E-state index is 12.7. The first kappa shape index (κ1) is 20.7. The van der Waals surface area contributed by atoms with Gasteiger partial charge in [0, 0.05) is 36.1 Å². The molecule has 3 heterocycles. The number of aryl methyl sites for hydroxylation is 3. The van der Waals surface area contributed by atoms with E-state index in [4.69, 9.17) is 0 Å². The van der Waals surface area contributed by atoms with Crippen molar-refractivity contribution < 1.29 is 9.59 Å². The van der Waals surface area contributed by atoms with Crippen molar-refractivity contribution in [3.05, 3.63) is 54.9 Å². The average molecular weight is 489 g/mol. The molecular formula is C21H21BrN4O3S. The molecule has 2 aromatic heterocycles. The summed E-state index contributed by atoms with van der Waals surface area (Å²) in [7, 11) is 0. The molecule has 1 aromatic carbocycles. The number of carbonyl (C=O) groups is 2. The highest BCUT2D eigenvalue weighted by atomic mass is 79.9. The zero-order valence-electron chi connectivity index (χ0n) is 16.7. The Morgan fingerprint density at radius 2 is 2.10 bits per heavy atom. The Morgan fingerprint density at radius 1 is 1.30 bits per heavy atom. The molecule has 0 radical (unpaired) electrons. The maximum absolute atomic E-state index is 12.7. The van der Waals surface area contributed by atoms with Crippen LogP contribution in [0.25, 0.3) is 10.2 Å². The molecular weight excluding hydrogens is 468 g/mol. The number of carbonyl (C=O) groups excluding carboxylic acids is 2. The number of fused-ring (bicyclic) bond motifs is 2. The van der Waals surface area contributed by atoms with E-state index in [2.05, 4.69) is 31.5 Å². The Hall–Kier alpha value is -2.52. The minimum atomic E-state index is -0.286. The van der Waals surface area contributed by atoms with Gasteiger partial charge in [-0.3, -0.25) is 19.0 Å². The van der Waals surface area contributed by atoms with E-state index in [0.717, 1.165) is 34.4 Å². The highest BCUT2D eigenvalue weighted by molar-refractivity contribution is 9.10. The summed E-state index contributed by atoms with van der Waals surface area (Å²) >= 11 is 4.63. The number of rotatable bonds is 5. The summed E-state index contributed by atoms with van der Waals surface area (Å²) in [5.41, 5.74) is 2.29. The quantitative estimate of drug-likeness (QED) is 0.574. The maximum Gasteiger partial charge on any atom is 0.262 e. The molecule has 9 heteroatoms. The number of nitrogens with one attached hydrogen (secondary N) is 2. The van der Waals surface area contributed by atoms with Crippen molar-refractivity contribution >= 4 is 55.0 Å². The molecule has 0 fully saturated rings. The molecule has 0 aliphatic carbocycles. The summed E-state index contributed by atoms with van der Waals surface area (Å²) in [4.78, 5) is 43.3. The van der Waals surface area contributed by atoms with Crippen LogP contribution in [0.3, 0.4) is 0 Å². The van der Waals surface area contributed by atoms with Crippen LogP contribution in [0.4, 0.5) is 5.69 Å². The fraction of sp³-hybridized carbons (Fsp3) is 0.333. The molecule has 2 N–H and O–H groups in total. The molecule has 4 rings (SSSR count). The number of nitrogens with zero attached hydrogens (tertiary/aromatic N) is 2. The lowest BCUT2D eigenvalue weighted by Gasteiger charge is -2.09. The Bertz CT molecular complexity index is 1230. The van der Waals surface area contributed by atoms with Gasteiger partial charge in [-0.25, -0.2) is 4.98 Å². The van der Waals surface area contributed by atoms with Gasteiger partial charge in [-0.1, -0.05) is 22.0 Å². The van der Waals surface area contributed by atoms with Crippen molar-refractivity contribution in [1.82, 2.24) is 14.9 Å². The third-order valence-corrected chi connectivity index (χ3v) is 6.91. The Labute approximate surface area is 185 Å². The number of thiophene rings is 1. The molecule has 1 aliphatic heterocycles. The van der Waals surface area contributed by atoms with E-state index in [1.807, 2.05) is 25.1 Å². The average Bonchev–Trinajstić information content (AvgIpc) is 3.30. The second-order valence-electron chi connectivity index (χ2n) is 7.34. The molecule has 30 heavy (non-hydrogen) atoms. The number of aromatic nitrogens is 2. The van der Waals surface area contributed by atoms with E-state index >= 15 is 0 Å². The van der Waals surface area contributed by atoms with Crippen LogP contribution >= 0.6 is 27.3 Å². The van der Waals surface area contributed by atoms with Gasteiger partial charge in [0.25, 0.3) is 11.5 Å². The van der Waals surface area contributed by atoms with Crippen LogP contribution in [-0.4, -0.2) is 27.9 Å². The van der Waals surface area contributed by atoms with Crippen LogP contribution in [0, 0.1) is 13.8 Å². The Balaban J connectivity index is 1.42. The highest BCUT2D eigenvalue weighted by Gasteiger charge is 2.23. The molecule has 7 nitrogen and oxygen atoms in total. The minimum absolute atomic E-state index is 0.0657. The predicted octanol–water partition coefficient (Wildman–Crippen LogP) is 3.54. The summed E-state index contributed by atoms with van der Waals surface area (Å²) < 4.78 is 2.59. The van der Waals surface area contributed by atoms with E-state index in [-0.39, 0.29) is 30.3 Å². The zero-order valence-corrected chi connectivity index (χ0v) is 19.1. The van der Waals surface area contributed by atoms with E-state index in [1.54, 1.807) is 11.5 Å². The lowest BCUT2D eigenvalue weighted by molar-refractivity contribution is -0.116. The van der Waals surface area contributed by atoms with E-state index in [1.165, 1.54) is 11.3 Å². The zero-order chi connectivity index (χ0) is 21.4. The topological polar surface area (TPSA) is 93.1 Å². The van der Waals surface area contributed by atoms with Crippen molar-refractivity contribution in [1.29, 1.82) is 0 Å². The van der Waals surface area contributed by atoms with Gasteiger partial charge < -0.3 is 10.6 Å². The SMILES string of the molecule is Cc1ccc(Br)cc1NC(=O)CCNC(=O)c1sc2nc3n(c(=O)c2c1C)CCC3. The molecule has 0 bridgehead atoms. The molecule has 0 unspecified atom stereocenters. The fourth-order valence-electron chi connectivity index (χ4n) is 3.60. The molecule has 0 spiro atoms. The molecule has 1 aliphatic rings. The molecule has 0 saturated heterocycles. The van der Waals surface area contributed by atoms with Gasteiger partial charge in [-0.2, -0.15) is 0 Å². The standard InChI is InChI=1S/C21H21BrN4O3S/c1-11-5-6-13(22)10-14(11)24-16(27)7-8-23-19(28)18-12(2)17-20(30-18)25-15-4-3-9-26(15)21(17)29/h5-6,10H,3-4,7-9H2,1-2H3,(H,23,28)(H,24,27). The summed E-state index contributed by atoms with van der Waals surface area (Å²) in [6, 6.07) is 5.67. The Kier molecular flexibility index (Phi) is 5.75. The number of anilines is 1. The van der Waals surface area contributed by atoms with E-state index < -0.39 is 0 Å². The number of halogens is 1. The van der Waals surface area contributed by atoms with Crippen LogP contribution in [0.5, 0.6) is 0 Å². The predicted molar refractivity (Wildman–Crippen MR) is 121 cm³/mol. The molecule has 156 valence electrons. The third-order valence-electron chi connectivity index (χ3n) is 5.23. The normalized spacial score (nSPS) is 12.8. The second kappa shape index (κ2) is 8.31. The lowest BCUT2D eigenvalue weighted by Crippen LogP contribution is -2.27. The molecule has 3 aromatic rings. The van der Waals surface area contributed by atoms with E-state index in [9.17, 15) is 14.4 Å². The first-order valence-electron chi connectivity index (χ1n) is 9.72. The highest BCUT2D eigenvalue weighted by Crippen LogP contribution is 2.28. The molecule has 2 amide bonds. The van der Waals surface area contributed by atoms with Crippen molar-refractivity contribution in [3.63, 3.8) is 0 Å². The number of hydrogen-bond donors (Lipinski definition) is 2. The first-order chi connectivity index (χ1) is 14.3. The monoisotopic (exact) mass is 488 g/mol. The van der Waals surface area contributed by atoms with Crippen molar-refractivity contribution in [2.24, 2.45) is 0 Å². The fourth-order valence-corrected chi connectivity index (χ4v) is 5.07. The van der Waals surface area contributed by atoms with Gasteiger partial charge in [0.1, 0.15) is 10.7 Å². The third kappa shape index (κ3) is 3.91. The van der Waals surface area contributed by atoms with Crippen LogP contribution < -0.4 is 16.2 Å². The minimum Gasteiger partial charge on any atom is -0.351 e.